The molecule has 0 heterocycles. The molecule has 0 unspecified atom stereocenters. The third-order valence-electron chi connectivity index (χ3n) is 1.87. The minimum absolute atomic E-state index is 0.0891. The predicted molar refractivity (Wildman–Crippen MR) is 57.2 cm³/mol. The van der Waals surface area contributed by atoms with Gasteiger partial charge in [0.05, 0.1) is 17.7 Å². The Bertz CT molecular complexity index is 429. The fourth-order valence-electron chi connectivity index (χ4n) is 1.13. The average molecular weight is 205 g/mol. The van der Waals surface area contributed by atoms with Gasteiger partial charge in [0, 0.05) is 0 Å². The molecule has 0 aliphatic carbocycles. The van der Waals surface area contributed by atoms with E-state index in [4.69, 9.17) is 0 Å². The zero-order valence-electron chi connectivity index (χ0n) is 8.73. The van der Waals surface area contributed by atoms with Gasteiger partial charge in [0.15, 0.2) is 5.78 Å². The molecule has 0 radical (unpaired) electrons. The Morgan fingerprint density at radius 1 is 1.53 bits per heavy atom. The van der Waals surface area contributed by atoms with Crippen LogP contribution in [0.2, 0.25) is 0 Å². The molecule has 0 fully saturated rings. The molecule has 1 N–H and O–H groups in total. The van der Waals surface area contributed by atoms with E-state index in [9.17, 15) is 9.18 Å². The standard InChI is InChI=1S/C12H12FNO/c1-9(15)11-7-3-5-10(12(11)13)6-4-8-14-2/h3,5,7,14H,8H2,1-2H3. The van der Waals surface area contributed by atoms with E-state index in [0.717, 1.165) is 0 Å². The zero-order chi connectivity index (χ0) is 11.3. The van der Waals surface area contributed by atoms with E-state index in [2.05, 4.69) is 17.2 Å². The van der Waals surface area contributed by atoms with E-state index >= 15 is 0 Å². The Balaban J connectivity index is 3.06. The second-order valence-electron chi connectivity index (χ2n) is 3.06. The van der Waals surface area contributed by atoms with E-state index in [0.29, 0.717) is 6.54 Å². The Morgan fingerprint density at radius 2 is 2.27 bits per heavy atom. The van der Waals surface area contributed by atoms with E-state index in [1.54, 1.807) is 19.2 Å². The van der Waals surface area contributed by atoms with Crippen LogP contribution >= 0.6 is 0 Å². The summed E-state index contributed by atoms with van der Waals surface area (Å²) in [5, 5.41) is 2.83. The van der Waals surface area contributed by atoms with Crippen molar-refractivity contribution >= 4 is 5.78 Å². The van der Waals surface area contributed by atoms with Crippen LogP contribution in [-0.2, 0) is 0 Å². The molecule has 3 heteroatoms. The number of Topliss-reactive ketones (excluding diaryl/α,β-unsaturated/α-hetero) is 1. The minimum Gasteiger partial charge on any atom is -0.309 e. The maximum Gasteiger partial charge on any atom is 0.162 e. The van der Waals surface area contributed by atoms with Gasteiger partial charge in [0.2, 0.25) is 0 Å². The van der Waals surface area contributed by atoms with Gasteiger partial charge in [-0.15, -0.1) is 0 Å². The normalized spacial score (nSPS) is 9.27. The number of halogens is 1. The highest BCUT2D eigenvalue weighted by molar-refractivity contribution is 5.94. The molecule has 1 aromatic rings. The van der Waals surface area contributed by atoms with Crippen molar-refractivity contribution in [2.24, 2.45) is 0 Å². The van der Waals surface area contributed by atoms with E-state index < -0.39 is 5.82 Å². The van der Waals surface area contributed by atoms with Crippen molar-refractivity contribution in [1.29, 1.82) is 0 Å². The van der Waals surface area contributed by atoms with Gasteiger partial charge in [-0.3, -0.25) is 4.79 Å². The number of carbonyl (C=O) groups is 1. The SMILES string of the molecule is CNCC#Cc1cccc(C(C)=O)c1F. The highest BCUT2D eigenvalue weighted by atomic mass is 19.1. The molecule has 0 atom stereocenters. The molecule has 0 aromatic heterocycles. The zero-order valence-corrected chi connectivity index (χ0v) is 8.73. The smallest absolute Gasteiger partial charge is 0.162 e. The minimum atomic E-state index is -0.534. The third kappa shape index (κ3) is 2.90. The van der Waals surface area contributed by atoms with Crippen LogP contribution < -0.4 is 5.32 Å². The highest BCUT2D eigenvalue weighted by Gasteiger charge is 2.09. The Labute approximate surface area is 88.5 Å². The molecule has 0 spiro atoms. The summed E-state index contributed by atoms with van der Waals surface area (Å²) in [6.07, 6.45) is 0. The summed E-state index contributed by atoms with van der Waals surface area (Å²) in [7, 11) is 1.76. The number of nitrogens with one attached hydrogen (secondary N) is 1. The average Bonchev–Trinajstić information content (AvgIpc) is 2.20. The van der Waals surface area contributed by atoms with E-state index in [-0.39, 0.29) is 16.9 Å². The monoisotopic (exact) mass is 205 g/mol. The number of carbonyl (C=O) groups excluding carboxylic acids is 1. The van der Waals surface area contributed by atoms with E-state index in [1.165, 1.54) is 13.0 Å². The van der Waals surface area contributed by atoms with Crippen molar-refractivity contribution in [3.05, 3.63) is 35.1 Å². The van der Waals surface area contributed by atoms with Crippen LogP contribution in [-0.4, -0.2) is 19.4 Å². The van der Waals surface area contributed by atoms with Gasteiger partial charge >= 0.3 is 0 Å². The molecule has 2 nitrogen and oxygen atoms in total. The molecule has 0 saturated carbocycles. The number of hydrogen-bond donors (Lipinski definition) is 1. The lowest BCUT2D eigenvalue weighted by Gasteiger charge is -1.99. The molecule has 1 rings (SSSR count). The lowest BCUT2D eigenvalue weighted by atomic mass is 10.1. The van der Waals surface area contributed by atoms with E-state index in [1.807, 2.05) is 0 Å². The molecule has 0 saturated heterocycles. The summed E-state index contributed by atoms with van der Waals surface area (Å²) in [5.41, 5.74) is 0.351. The van der Waals surface area contributed by atoms with Crippen LogP contribution in [0.5, 0.6) is 0 Å². The Morgan fingerprint density at radius 3 is 2.87 bits per heavy atom. The van der Waals surface area contributed by atoms with Gasteiger partial charge in [-0.25, -0.2) is 4.39 Å². The summed E-state index contributed by atoms with van der Waals surface area (Å²) in [4.78, 5) is 11.0. The molecule has 0 amide bonds. The van der Waals surface area contributed by atoms with Crippen molar-refractivity contribution in [2.45, 2.75) is 6.92 Å². The van der Waals surface area contributed by atoms with Crippen LogP contribution in [0.25, 0.3) is 0 Å². The van der Waals surface area contributed by atoms with Crippen LogP contribution in [0.15, 0.2) is 18.2 Å². The van der Waals surface area contributed by atoms with Crippen molar-refractivity contribution < 1.29 is 9.18 Å². The number of rotatable bonds is 2. The summed E-state index contributed by atoms with van der Waals surface area (Å²) in [6.45, 7) is 1.83. The van der Waals surface area contributed by atoms with Gasteiger partial charge in [0.1, 0.15) is 5.82 Å². The second kappa shape index (κ2) is 5.28. The van der Waals surface area contributed by atoms with Crippen LogP contribution in [0, 0.1) is 17.7 Å². The molecular weight excluding hydrogens is 193 g/mol. The topological polar surface area (TPSA) is 29.1 Å². The van der Waals surface area contributed by atoms with Crippen molar-refractivity contribution in [1.82, 2.24) is 5.32 Å². The molecule has 1 aromatic carbocycles. The molecule has 15 heavy (non-hydrogen) atoms. The maximum absolute atomic E-state index is 13.6. The highest BCUT2D eigenvalue weighted by Crippen LogP contribution is 2.12. The van der Waals surface area contributed by atoms with Gasteiger partial charge < -0.3 is 5.32 Å². The van der Waals surface area contributed by atoms with Gasteiger partial charge in [0.25, 0.3) is 0 Å². The van der Waals surface area contributed by atoms with Gasteiger partial charge in [-0.2, -0.15) is 0 Å². The quantitative estimate of drug-likeness (QED) is 0.587. The predicted octanol–water partition coefficient (Wildman–Crippen LogP) is 1.60. The largest absolute Gasteiger partial charge is 0.309 e. The fraction of sp³-hybridized carbons (Fsp3) is 0.250. The van der Waals surface area contributed by atoms with Crippen molar-refractivity contribution in [2.75, 3.05) is 13.6 Å². The van der Waals surface area contributed by atoms with Crippen LogP contribution in [0.4, 0.5) is 4.39 Å². The van der Waals surface area contributed by atoms with Gasteiger partial charge in [-0.05, 0) is 26.1 Å². The lowest BCUT2D eigenvalue weighted by molar-refractivity contribution is 0.101. The van der Waals surface area contributed by atoms with Crippen molar-refractivity contribution in [3.8, 4) is 11.8 Å². The Kier molecular flexibility index (Phi) is 4.02. The van der Waals surface area contributed by atoms with Crippen molar-refractivity contribution in [3.63, 3.8) is 0 Å². The molecule has 0 bridgehead atoms. The first-order valence-corrected chi connectivity index (χ1v) is 4.59. The number of hydrogen-bond acceptors (Lipinski definition) is 2. The first kappa shape index (κ1) is 11.4. The second-order valence-corrected chi connectivity index (χ2v) is 3.06. The number of ketones is 1. The molecular formula is C12H12FNO. The number of benzene rings is 1. The van der Waals surface area contributed by atoms with Crippen LogP contribution in [0.1, 0.15) is 22.8 Å². The summed E-state index contributed by atoms with van der Waals surface area (Å²) in [6, 6.07) is 4.65. The summed E-state index contributed by atoms with van der Waals surface area (Å²) in [5.74, 6) is 4.59. The maximum atomic E-state index is 13.6. The Hall–Kier alpha value is -1.66. The first-order chi connectivity index (χ1) is 7.16. The molecule has 0 aliphatic heterocycles. The summed E-state index contributed by atoms with van der Waals surface area (Å²) >= 11 is 0. The third-order valence-corrected chi connectivity index (χ3v) is 1.87. The fourth-order valence-corrected chi connectivity index (χ4v) is 1.13. The first-order valence-electron chi connectivity index (χ1n) is 4.59. The lowest BCUT2D eigenvalue weighted by Crippen LogP contribution is -2.04. The summed E-state index contributed by atoms with van der Waals surface area (Å²) < 4.78 is 13.6. The van der Waals surface area contributed by atoms with Crippen LogP contribution in [0.3, 0.4) is 0 Å². The molecule has 78 valence electrons. The molecule has 0 aliphatic rings. The van der Waals surface area contributed by atoms with Gasteiger partial charge in [-0.1, -0.05) is 17.9 Å².